The molecule has 0 aliphatic carbocycles. The van der Waals surface area contributed by atoms with Crippen molar-refractivity contribution in [3.8, 4) is 5.75 Å². The Morgan fingerprint density at radius 1 is 0.952 bits per heavy atom. The van der Waals surface area contributed by atoms with E-state index >= 15 is 0 Å². The second-order valence-corrected chi connectivity index (χ2v) is 12.8. The Kier molecular flexibility index (Phi) is 12.1. The van der Waals surface area contributed by atoms with Crippen LogP contribution >= 0.6 is 23.2 Å². The average Bonchev–Trinajstić information content (AvgIpc) is 2.96. The highest BCUT2D eigenvalue weighted by atomic mass is 35.5. The van der Waals surface area contributed by atoms with Gasteiger partial charge in [-0.2, -0.15) is 0 Å². The topological polar surface area (TPSA) is 96.0 Å². The Labute approximate surface area is 258 Å². The normalized spacial score (nSPS) is 12.1. The lowest BCUT2D eigenvalue weighted by Gasteiger charge is -2.33. The third kappa shape index (κ3) is 8.63. The Hall–Kier alpha value is -3.27. The summed E-state index contributed by atoms with van der Waals surface area (Å²) >= 11 is 12.6. The number of ether oxygens (including phenoxy) is 1. The first kappa shape index (κ1) is 33.2. The molecule has 1 atom stereocenters. The molecule has 0 heterocycles. The molecule has 1 N–H and O–H groups in total. The van der Waals surface area contributed by atoms with E-state index in [1.165, 1.54) is 17.0 Å². The molecule has 0 aromatic heterocycles. The van der Waals surface area contributed by atoms with Crippen molar-refractivity contribution in [1.82, 2.24) is 10.2 Å². The maximum absolute atomic E-state index is 14.1. The molecule has 0 aliphatic heterocycles. The number of hydrogen-bond acceptors (Lipinski definition) is 5. The van der Waals surface area contributed by atoms with E-state index < -0.39 is 28.5 Å². The second-order valence-electron chi connectivity index (χ2n) is 10.1. The number of nitrogens with one attached hydrogen (secondary N) is 1. The third-order valence-corrected chi connectivity index (χ3v) is 8.85. The quantitative estimate of drug-likeness (QED) is 0.229. The van der Waals surface area contributed by atoms with Gasteiger partial charge in [-0.3, -0.25) is 13.9 Å². The summed E-state index contributed by atoms with van der Waals surface area (Å²) in [5, 5.41) is 3.67. The van der Waals surface area contributed by atoms with Gasteiger partial charge in [-0.1, -0.05) is 68.2 Å². The zero-order valence-corrected chi connectivity index (χ0v) is 26.5. The smallest absolute Gasteiger partial charge is 0.264 e. The molecule has 0 aliphatic rings. The summed E-state index contributed by atoms with van der Waals surface area (Å²) in [7, 11) is -4.17. The molecule has 226 valence electrons. The van der Waals surface area contributed by atoms with Crippen LogP contribution in [-0.2, 0) is 26.2 Å². The Bertz CT molecular complexity index is 1450. The first-order valence-electron chi connectivity index (χ1n) is 13.8. The van der Waals surface area contributed by atoms with Gasteiger partial charge >= 0.3 is 0 Å². The number of carbonyl (C=O) groups excluding carboxylic acids is 2. The van der Waals surface area contributed by atoms with Crippen LogP contribution in [0.5, 0.6) is 5.75 Å². The summed E-state index contributed by atoms with van der Waals surface area (Å²) in [5.74, 6) is -0.131. The van der Waals surface area contributed by atoms with Gasteiger partial charge in [-0.25, -0.2) is 8.42 Å². The molecule has 8 nitrogen and oxygen atoms in total. The van der Waals surface area contributed by atoms with Crippen LogP contribution in [0.4, 0.5) is 5.69 Å². The lowest BCUT2D eigenvalue weighted by molar-refractivity contribution is -0.140. The maximum Gasteiger partial charge on any atom is 0.264 e. The molecular formula is C31H37Cl2N3O5S. The molecule has 0 saturated heterocycles. The van der Waals surface area contributed by atoms with Gasteiger partial charge in [0.1, 0.15) is 18.3 Å². The molecule has 0 spiro atoms. The molecule has 0 fully saturated rings. The predicted molar refractivity (Wildman–Crippen MR) is 168 cm³/mol. The molecule has 2 amide bonds. The highest BCUT2D eigenvalue weighted by Gasteiger charge is 2.34. The van der Waals surface area contributed by atoms with Crippen molar-refractivity contribution in [3.63, 3.8) is 0 Å². The number of carbonyl (C=O) groups is 2. The van der Waals surface area contributed by atoms with Crippen LogP contribution in [0.2, 0.25) is 10.0 Å². The molecule has 0 radical (unpaired) electrons. The van der Waals surface area contributed by atoms with Crippen LogP contribution in [0.15, 0.2) is 77.7 Å². The first-order chi connectivity index (χ1) is 20.0. The summed E-state index contributed by atoms with van der Waals surface area (Å²) < 4.78 is 34.4. The van der Waals surface area contributed by atoms with Crippen molar-refractivity contribution in [2.75, 3.05) is 24.0 Å². The van der Waals surface area contributed by atoms with E-state index in [2.05, 4.69) is 5.32 Å². The fourth-order valence-corrected chi connectivity index (χ4v) is 6.20. The fraction of sp³-hybridized carbons (Fsp3) is 0.355. The first-order valence-corrected chi connectivity index (χ1v) is 16.0. The maximum atomic E-state index is 14.1. The van der Waals surface area contributed by atoms with Gasteiger partial charge in [-0.05, 0) is 73.4 Å². The Morgan fingerprint density at radius 2 is 1.62 bits per heavy atom. The van der Waals surface area contributed by atoms with Crippen LogP contribution in [0.1, 0.15) is 39.7 Å². The van der Waals surface area contributed by atoms with Gasteiger partial charge in [-0.15, -0.1) is 0 Å². The van der Waals surface area contributed by atoms with E-state index in [0.717, 1.165) is 4.31 Å². The van der Waals surface area contributed by atoms with Gasteiger partial charge in [0.15, 0.2) is 0 Å². The van der Waals surface area contributed by atoms with Gasteiger partial charge < -0.3 is 15.0 Å². The van der Waals surface area contributed by atoms with Crippen molar-refractivity contribution >= 4 is 50.7 Å². The summed E-state index contributed by atoms with van der Waals surface area (Å²) in [5.41, 5.74) is 0.848. The molecule has 11 heteroatoms. The minimum absolute atomic E-state index is 0.0229. The van der Waals surface area contributed by atoms with Crippen molar-refractivity contribution in [3.05, 3.63) is 88.4 Å². The van der Waals surface area contributed by atoms with Gasteiger partial charge in [0.25, 0.3) is 10.0 Å². The molecule has 0 bridgehead atoms. The van der Waals surface area contributed by atoms with E-state index in [1.807, 2.05) is 20.8 Å². The summed E-state index contributed by atoms with van der Waals surface area (Å²) in [6, 6.07) is 18.4. The average molecular weight is 635 g/mol. The molecule has 3 rings (SSSR count). The minimum Gasteiger partial charge on any atom is -0.494 e. The number of halogens is 2. The Morgan fingerprint density at radius 3 is 2.19 bits per heavy atom. The number of rotatable bonds is 14. The SMILES string of the molecule is CCOc1ccc(N(CC(=O)N(Cc2ccc(Cl)cc2Cl)[C@@H](CC)C(=O)NCC(C)C)S(=O)(=O)c2ccccc2)cc1. The van der Waals surface area contributed by atoms with Crippen molar-refractivity contribution in [2.45, 2.75) is 51.6 Å². The van der Waals surface area contributed by atoms with E-state index in [1.54, 1.807) is 67.6 Å². The molecular weight excluding hydrogens is 597 g/mol. The zero-order chi connectivity index (χ0) is 30.9. The minimum atomic E-state index is -4.17. The van der Waals surface area contributed by atoms with Crippen LogP contribution < -0.4 is 14.4 Å². The van der Waals surface area contributed by atoms with Gasteiger partial charge in [0.2, 0.25) is 11.8 Å². The largest absolute Gasteiger partial charge is 0.494 e. The van der Waals surface area contributed by atoms with Crippen LogP contribution in [0, 0.1) is 5.92 Å². The number of nitrogens with zero attached hydrogens (tertiary/aromatic N) is 2. The highest BCUT2D eigenvalue weighted by molar-refractivity contribution is 7.92. The van der Waals surface area contributed by atoms with E-state index in [0.29, 0.717) is 40.9 Å². The number of anilines is 1. The van der Waals surface area contributed by atoms with Crippen molar-refractivity contribution in [1.29, 1.82) is 0 Å². The number of sulfonamides is 1. The molecule has 0 saturated carbocycles. The lowest BCUT2D eigenvalue weighted by atomic mass is 10.1. The number of benzene rings is 3. The lowest BCUT2D eigenvalue weighted by Crippen LogP contribution is -2.52. The fourth-order valence-electron chi connectivity index (χ4n) is 4.30. The van der Waals surface area contributed by atoms with Crippen LogP contribution in [-0.4, -0.2) is 50.9 Å². The van der Waals surface area contributed by atoms with Crippen LogP contribution in [0.25, 0.3) is 0 Å². The summed E-state index contributed by atoms with van der Waals surface area (Å²) in [6.07, 6.45) is 0.301. The zero-order valence-electron chi connectivity index (χ0n) is 24.2. The molecule has 3 aromatic rings. The van der Waals surface area contributed by atoms with E-state index in [4.69, 9.17) is 27.9 Å². The van der Waals surface area contributed by atoms with E-state index in [9.17, 15) is 18.0 Å². The molecule has 3 aromatic carbocycles. The standard InChI is InChI=1S/C31H37Cl2N3O5S/c1-5-29(31(38)34-19-22(3)4)35(20-23-12-13-24(32)18-28(23)33)30(37)21-36(25-14-16-26(17-15-25)41-6-2)42(39,40)27-10-8-7-9-11-27/h7-18,22,29H,5-6,19-21H2,1-4H3,(H,34,38)/t29-/m0/s1. The number of amides is 2. The van der Waals surface area contributed by atoms with Crippen molar-refractivity contribution in [2.24, 2.45) is 5.92 Å². The predicted octanol–water partition coefficient (Wildman–Crippen LogP) is 6.17. The molecule has 42 heavy (non-hydrogen) atoms. The summed E-state index contributed by atoms with van der Waals surface area (Å²) in [4.78, 5) is 28.9. The van der Waals surface area contributed by atoms with Gasteiger partial charge in [0, 0.05) is 23.1 Å². The van der Waals surface area contributed by atoms with Crippen LogP contribution in [0.3, 0.4) is 0 Å². The van der Waals surface area contributed by atoms with E-state index in [-0.39, 0.29) is 29.0 Å². The Balaban J connectivity index is 2.06. The second kappa shape index (κ2) is 15.3. The van der Waals surface area contributed by atoms with Gasteiger partial charge in [0.05, 0.1) is 17.2 Å². The summed E-state index contributed by atoms with van der Waals surface area (Å²) in [6.45, 7) is 7.90. The van der Waals surface area contributed by atoms with Crippen molar-refractivity contribution < 1.29 is 22.7 Å². The number of hydrogen-bond donors (Lipinski definition) is 1. The third-order valence-electron chi connectivity index (χ3n) is 6.47. The monoisotopic (exact) mass is 633 g/mol. The highest BCUT2D eigenvalue weighted by Crippen LogP contribution is 2.28. The molecule has 0 unspecified atom stereocenters.